The van der Waals surface area contributed by atoms with Crippen molar-refractivity contribution in [3.8, 4) is 0 Å². The summed E-state index contributed by atoms with van der Waals surface area (Å²) in [6.07, 6.45) is 2.18. The molecule has 1 amide bonds. The number of aliphatic hydroxyl groups excluding tert-OH is 1. The molecule has 1 aliphatic rings. The molecule has 0 radical (unpaired) electrons. The van der Waals surface area contributed by atoms with Gasteiger partial charge in [-0.05, 0) is 25.7 Å². The minimum absolute atomic E-state index is 0.235. The van der Waals surface area contributed by atoms with Crippen LogP contribution in [0.25, 0.3) is 0 Å². The fraction of sp³-hybridized carbons (Fsp3) is 0.800. The SMILES string of the molecule is O=C(NC(Cl)C(O)Cl)C1CCC(C(=O)OCl)CC1. The number of hydrogen-bond acceptors (Lipinski definition) is 4. The van der Waals surface area contributed by atoms with Gasteiger partial charge in [0.1, 0.15) is 17.4 Å². The van der Waals surface area contributed by atoms with Crippen LogP contribution in [0.3, 0.4) is 0 Å². The molecule has 1 rings (SSSR count). The molecule has 8 heteroatoms. The van der Waals surface area contributed by atoms with Gasteiger partial charge in [-0.1, -0.05) is 23.2 Å². The zero-order valence-electron chi connectivity index (χ0n) is 9.44. The van der Waals surface area contributed by atoms with Crippen LogP contribution in [0.4, 0.5) is 0 Å². The summed E-state index contributed by atoms with van der Waals surface area (Å²) in [5, 5.41) is 11.4. The Morgan fingerprint density at radius 2 is 1.67 bits per heavy atom. The molecule has 0 aromatic carbocycles. The third-order valence-corrected chi connectivity index (χ3v) is 3.91. The molecule has 0 aromatic heterocycles. The molecule has 0 aromatic rings. The smallest absolute Gasteiger partial charge is 0.327 e. The average molecular weight is 319 g/mol. The van der Waals surface area contributed by atoms with Crippen LogP contribution in [-0.4, -0.2) is 28.0 Å². The van der Waals surface area contributed by atoms with Crippen LogP contribution in [0.1, 0.15) is 25.7 Å². The van der Waals surface area contributed by atoms with Crippen molar-refractivity contribution in [1.29, 1.82) is 0 Å². The van der Waals surface area contributed by atoms with Crippen molar-refractivity contribution in [3.05, 3.63) is 0 Å². The van der Waals surface area contributed by atoms with Crippen molar-refractivity contribution in [2.75, 3.05) is 0 Å². The summed E-state index contributed by atoms with van der Waals surface area (Å²) in [6.45, 7) is 0. The number of carbonyl (C=O) groups excluding carboxylic acids is 2. The first kappa shape index (κ1) is 15.8. The van der Waals surface area contributed by atoms with Gasteiger partial charge >= 0.3 is 5.97 Å². The van der Waals surface area contributed by atoms with Gasteiger partial charge in [0.15, 0.2) is 5.56 Å². The lowest BCUT2D eigenvalue weighted by atomic mass is 9.81. The predicted molar refractivity (Wildman–Crippen MR) is 67.0 cm³/mol. The lowest BCUT2D eigenvalue weighted by Crippen LogP contribution is -2.41. The van der Waals surface area contributed by atoms with Gasteiger partial charge in [0.25, 0.3) is 0 Å². The van der Waals surface area contributed by atoms with Gasteiger partial charge in [0.05, 0.1) is 5.92 Å². The minimum atomic E-state index is -1.34. The van der Waals surface area contributed by atoms with Crippen molar-refractivity contribution < 1.29 is 19.0 Å². The maximum atomic E-state index is 11.8. The average Bonchev–Trinajstić information content (AvgIpc) is 2.37. The van der Waals surface area contributed by atoms with Crippen molar-refractivity contribution in [2.45, 2.75) is 36.7 Å². The largest absolute Gasteiger partial charge is 0.374 e. The molecule has 18 heavy (non-hydrogen) atoms. The molecule has 2 unspecified atom stereocenters. The van der Waals surface area contributed by atoms with E-state index in [1.807, 2.05) is 0 Å². The molecule has 0 saturated heterocycles. The van der Waals surface area contributed by atoms with Crippen molar-refractivity contribution in [3.63, 3.8) is 0 Å². The first-order chi connectivity index (χ1) is 8.45. The zero-order chi connectivity index (χ0) is 13.7. The monoisotopic (exact) mass is 317 g/mol. The van der Waals surface area contributed by atoms with Crippen molar-refractivity contribution in [1.82, 2.24) is 5.32 Å². The van der Waals surface area contributed by atoms with Crippen LogP contribution < -0.4 is 5.32 Å². The van der Waals surface area contributed by atoms with E-state index in [9.17, 15) is 9.59 Å². The van der Waals surface area contributed by atoms with E-state index in [0.717, 1.165) is 0 Å². The highest BCUT2D eigenvalue weighted by Crippen LogP contribution is 2.30. The quantitative estimate of drug-likeness (QED) is 0.611. The molecule has 0 aliphatic heterocycles. The van der Waals surface area contributed by atoms with Crippen LogP contribution in [0.5, 0.6) is 0 Å². The second kappa shape index (κ2) is 7.38. The fourth-order valence-corrected chi connectivity index (χ4v) is 2.27. The summed E-state index contributed by atoms with van der Waals surface area (Å²) >= 11 is 16.0. The molecule has 2 atom stereocenters. The number of amides is 1. The van der Waals surface area contributed by atoms with Crippen LogP contribution in [0.2, 0.25) is 0 Å². The van der Waals surface area contributed by atoms with Gasteiger partial charge in [-0.2, -0.15) is 0 Å². The topological polar surface area (TPSA) is 75.6 Å². The Bertz CT molecular complexity index is 305. The third-order valence-electron chi connectivity index (χ3n) is 3.03. The number of aliphatic hydroxyl groups is 1. The van der Waals surface area contributed by atoms with Crippen LogP contribution in [-0.2, 0) is 13.9 Å². The Morgan fingerprint density at radius 1 is 1.17 bits per heavy atom. The fourth-order valence-electron chi connectivity index (χ4n) is 1.98. The molecule has 104 valence electrons. The number of halogens is 3. The molecular formula is C10H14Cl3NO4. The zero-order valence-corrected chi connectivity index (χ0v) is 11.7. The highest BCUT2D eigenvalue weighted by molar-refractivity contribution is 6.29. The van der Waals surface area contributed by atoms with Gasteiger partial charge in [0.2, 0.25) is 5.91 Å². The van der Waals surface area contributed by atoms with E-state index in [2.05, 4.69) is 9.61 Å². The van der Waals surface area contributed by atoms with Crippen LogP contribution >= 0.6 is 35.1 Å². The molecule has 5 nitrogen and oxygen atoms in total. The molecule has 1 saturated carbocycles. The van der Waals surface area contributed by atoms with Crippen molar-refractivity contribution >= 4 is 46.9 Å². The second-order valence-corrected chi connectivity index (χ2v) is 5.30. The molecule has 0 spiro atoms. The van der Waals surface area contributed by atoms with E-state index in [1.54, 1.807) is 0 Å². The minimum Gasteiger partial charge on any atom is -0.374 e. The maximum absolute atomic E-state index is 11.8. The Balaban J connectivity index is 2.38. The van der Waals surface area contributed by atoms with Gasteiger partial charge in [-0.3, -0.25) is 9.59 Å². The molecule has 0 bridgehead atoms. The normalized spacial score (nSPS) is 27.1. The predicted octanol–water partition coefficient (Wildman–Crippen LogP) is 1.73. The van der Waals surface area contributed by atoms with Gasteiger partial charge in [-0.25, -0.2) is 0 Å². The number of hydrogen-bond donors (Lipinski definition) is 2. The van der Waals surface area contributed by atoms with E-state index in [-0.39, 0.29) is 17.7 Å². The number of rotatable bonds is 4. The Hall–Kier alpha value is -0.230. The lowest BCUT2D eigenvalue weighted by molar-refractivity contribution is -0.141. The van der Waals surface area contributed by atoms with E-state index in [4.69, 9.17) is 40.2 Å². The van der Waals surface area contributed by atoms with Gasteiger partial charge in [0, 0.05) is 5.92 Å². The summed E-state index contributed by atoms with van der Waals surface area (Å²) < 4.78 is 4.14. The van der Waals surface area contributed by atoms with E-state index >= 15 is 0 Å². The van der Waals surface area contributed by atoms with E-state index in [0.29, 0.717) is 25.7 Å². The van der Waals surface area contributed by atoms with Crippen molar-refractivity contribution in [2.24, 2.45) is 11.8 Å². The summed E-state index contributed by atoms with van der Waals surface area (Å²) in [6, 6.07) is 0. The summed E-state index contributed by atoms with van der Waals surface area (Å²) in [7, 11) is 0. The summed E-state index contributed by atoms with van der Waals surface area (Å²) in [4.78, 5) is 22.9. The van der Waals surface area contributed by atoms with E-state index < -0.39 is 17.0 Å². The van der Waals surface area contributed by atoms with Gasteiger partial charge < -0.3 is 14.7 Å². The van der Waals surface area contributed by atoms with E-state index in [1.165, 1.54) is 0 Å². The Kier molecular flexibility index (Phi) is 6.49. The Labute approximate surface area is 120 Å². The Morgan fingerprint density at radius 3 is 2.11 bits per heavy atom. The molecule has 1 aliphatic carbocycles. The van der Waals surface area contributed by atoms with Crippen LogP contribution in [0, 0.1) is 11.8 Å². The first-order valence-electron chi connectivity index (χ1n) is 5.54. The number of alkyl halides is 2. The molecular weight excluding hydrogens is 304 g/mol. The summed E-state index contributed by atoms with van der Waals surface area (Å²) in [5.41, 5.74) is -2.36. The first-order valence-corrected chi connectivity index (χ1v) is 6.73. The maximum Gasteiger partial charge on any atom is 0.327 e. The second-order valence-electron chi connectivity index (χ2n) is 4.23. The number of carbonyl (C=O) groups is 2. The standard InChI is InChI=1S/C10H14Cl3NO4/c11-7(8(12)15)14-9(16)5-1-3-6(4-2-5)10(17)18-13/h5-8,15H,1-4H2,(H,14,16). The van der Waals surface area contributed by atoms with Gasteiger partial charge in [-0.15, -0.1) is 0 Å². The molecule has 0 heterocycles. The summed E-state index contributed by atoms with van der Waals surface area (Å²) in [5.74, 6) is -1.22. The highest BCUT2D eigenvalue weighted by Gasteiger charge is 2.31. The third kappa shape index (κ3) is 4.46. The number of nitrogens with one attached hydrogen (secondary N) is 1. The molecule has 1 fully saturated rings. The molecule has 2 N–H and O–H groups in total. The lowest BCUT2D eigenvalue weighted by Gasteiger charge is -2.26. The van der Waals surface area contributed by atoms with Crippen LogP contribution in [0.15, 0.2) is 0 Å². The highest BCUT2D eigenvalue weighted by atomic mass is 35.5.